The van der Waals surface area contributed by atoms with Gasteiger partial charge in [-0.1, -0.05) is 62.9 Å². The van der Waals surface area contributed by atoms with Crippen molar-refractivity contribution in [2.24, 2.45) is 5.92 Å². The van der Waals surface area contributed by atoms with Gasteiger partial charge in [-0.15, -0.1) is 0 Å². The highest BCUT2D eigenvalue weighted by atomic mass is 35.5. The molecule has 2 aromatic carbocycles. The van der Waals surface area contributed by atoms with Crippen LogP contribution in [0.3, 0.4) is 0 Å². The van der Waals surface area contributed by atoms with Gasteiger partial charge in [-0.3, -0.25) is 9.10 Å². The number of fused-ring (bicyclic) bond motifs is 1. The molecule has 2 atom stereocenters. The van der Waals surface area contributed by atoms with Crippen LogP contribution < -0.4 is 14.4 Å². The number of benzene rings is 2. The number of halogens is 1. The number of ether oxygens (including phenoxy) is 1. The summed E-state index contributed by atoms with van der Waals surface area (Å²) in [6, 6.07) is 12.9. The van der Waals surface area contributed by atoms with Crippen LogP contribution in [-0.2, 0) is 14.8 Å². The fourth-order valence-electron chi connectivity index (χ4n) is 3.61. The molecule has 0 aromatic heterocycles. The number of anilines is 1. The highest BCUT2D eigenvalue weighted by molar-refractivity contribution is 7.92. The van der Waals surface area contributed by atoms with Gasteiger partial charge in [0.2, 0.25) is 0 Å². The number of rotatable bonds is 9. The van der Waals surface area contributed by atoms with Gasteiger partial charge in [-0.05, 0) is 42.7 Å². The van der Waals surface area contributed by atoms with Crippen LogP contribution in [0.2, 0.25) is 5.02 Å². The molecule has 0 fully saturated rings. The Kier molecular flexibility index (Phi) is 7.84. The standard InChI is InChI=1S/C23H29ClN2O4S/c1-3-5-9-17(4-2)15-25-23(27)22-16-26(20-14-18(24)12-13-21(20)30-22)31(28,29)19-10-7-6-8-11-19/h6-8,10-14,17,22H,3-5,9,15-16H2,1-2H3,(H,25,27). The topological polar surface area (TPSA) is 75.7 Å². The molecule has 3 rings (SSSR count). The predicted molar refractivity (Wildman–Crippen MR) is 123 cm³/mol. The van der Waals surface area contributed by atoms with E-state index in [2.05, 4.69) is 19.2 Å². The lowest BCUT2D eigenvalue weighted by molar-refractivity contribution is -0.127. The number of carbonyl (C=O) groups excluding carboxylic acids is 1. The highest BCUT2D eigenvalue weighted by Gasteiger charge is 2.37. The molecule has 0 saturated carbocycles. The highest BCUT2D eigenvalue weighted by Crippen LogP contribution is 2.38. The fourth-order valence-corrected chi connectivity index (χ4v) is 5.27. The average Bonchev–Trinajstić information content (AvgIpc) is 2.78. The minimum atomic E-state index is -3.89. The number of unbranched alkanes of at least 4 members (excludes halogenated alkanes) is 1. The molecule has 8 heteroatoms. The van der Waals surface area contributed by atoms with E-state index in [1.807, 2.05) is 0 Å². The van der Waals surface area contributed by atoms with Crippen LogP contribution in [0.15, 0.2) is 53.4 Å². The first-order chi connectivity index (χ1) is 14.9. The third-order valence-electron chi connectivity index (χ3n) is 5.52. The Hall–Kier alpha value is -2.25. The summed E-state index contributed by atoms with van der Waals surface area (Å²) in [6.45, 7) is 4.68. The summed E-state index contributed by atoms with van der Waals surface area (Å²) in [7, 11) is -3.89. The van der Waals surface area contributed by atoms with Crippen LogP contribution in [0.25, 0.3) is 0 Å². The zero-order valence-corrected chi connectivity index (χ0v) is 19.5. The second kappa shape index (κ2) is 10.4. The van der Waals surface area contributed by atoms with E-state index >= 15 is 0 Å². The van der Waals surface area contributed by atoms with Crippen molar-refractivity contribution in [2.75, 3.05) is 17.4 Å². The van der Waals surface area contributed by atoms with Gasteiger partial charge < -0.3 is 10.1 Å². The Morgan fingerprint density at radius 1 is 1.23 bits per heavy atom. The predicted octanol–water partition coefficient (Wildman–Crippen LogP) is 4.63. The van der Waals surface area contributed by atoms with E-state index in [1.54, 1.807) is 36.4 Å². The molecule has 1 aliphatic rings. The maximum atomic E-state index is 13.4. The van der Waals surface area contributed by atoms with Crippen LogP contribution in [-0.4, -0.2) is 33.5 Å². The van der Waals surface area contributed by atoms with Gasteiger partial charge in [0.15, 0.2) is 6.10 Å². The van der Waals surface area contributed by atoms with Crippen molar-refractivity contribution in [2.45, 2.75) is 50.5 Å². The molecule has 0 aliphatic carbocycles. The van der Waals surface area contributed by atoms with E-state index in [1.165, 1.54) is 16.4 Å². The number of sulfonamides is 1. The molecule has 6 nitrogen and oxygen atoms in total. The Bertz CT molecular complexity index is 998. The first-order valence-electron chi connectivity index (χ1n) is 10.7. The molecule has 31 heavy (non-hydrogen) atoms. The van der Waals surface area contributed by atoms with Gasteiger partial charge in [0.1, 0.15) is 5.75 Å². The lowest BCUT2D eigenvalue weighted by Crippen LogP contribution is -2.51. The van der Waals surface area contributed by atoms with Crippen LogP contribution in [0.1, 0.15) is 39.5 Å². The zero-order valence-electron chi connectivity index (χ0n) is 17.9. The van der Waals surface area contributed by atoms with Crippen LogP contribution in [0, 0.1) is 5.92 Å². The van der Waals surface area contributed by atoms with Crippen molar-refractivity contribution in [1.82, 2.24) is 5.32 Å². The first kappa shape index (κ1) is 23.4. The first-order valence-corrected chi connectivity index (χ1v) is 12.5. The molecular formula is C23H29ClN2O4S. The van der Waals surface area contributed by atoms with Crippen molar-refractivity contribution < 1.29 is 17.9 Å². The van der Waals surface area contributed by atoms with Crippen molar-refractivity contribution >= 4 is 33.2 Å². The SMILES string of the molecule is CCCCC(CC)CNC(=O)C1CN(S(=O)(=O)c2ccccc2)c2cc(Cl)ccc2O1. The lowest BCUT2D eigenvalue weighted by Gasteiger charge is -2.35. The molecule has 0 spiro atoms. The minimum absolute atomic E-state index is 0.123. The third-order valence-corrected chi connectivity index (χ3v) is 7.55. The second-order valence-corrected chi connectivity index (χ2v) is 10.0. The van der Waals surface area contributed by atoms with Gasteiger partial charge in [0.05, 0.1) is 17.1 Å². The number of nitrogens with zero attached hydrogens (tertiary/aromatic N) is 1. The Labute approximate surface area is 189 Å². The smallest absolute Gasteiger partial charge is 0.264 e. The van der Waals surface area contributed by atoms with Crippen LogP contribution >= 0.6 is 11.6 Å². The third kappa shape index (κ3) is 5.52. The summed E-state index contributed by atoms with van der Waals surface area (Å²) < 4.78 is 33.8. The van der Waals surface area contributed by atoms with Gasteiger partial charge in [0, 0.05) is 11.6 Å². The van der Waals surface area contributed by atoms with E-state index in [0.29, 0.717) is 28.9 Å². The molecule has 0 radical (unpaired) electrons. The fraction of sp³-hybridized carbons (Fsp3) is 0.435. The molecule has 1 N–H and O–H groups in total. The van der Waals surface area contributed by atoms with Crippen molar-refractivity contribution in [3.05, 3.63) is 53.6 Å². The number of nitrogens with one attached hydrogen (secondary N) is 1. The summed E-state index contributed by atoms with van der Waals surface area (Å²) in [5, 5.41) is 3.34. The van der Waals surface area contributed by atoms with E-state index in [0.717, 1.165) is 25.7 Å². The second-order valence-electron chi connectivity index (χ2n) is 7.73. The molecule has 0 saturated heterocycles. The van der Waals surface area contributed by atoms with Crippen molar-refractivity contribution in [3.8, 4) is 5.75 Å². The summed E-state index contributed by atoms with van der Waals surface area (Å²) in [4.78, 5) is 13.0. The monoisotopic (exact) mass is 464 g/mol. The molecule has 1 aliphatic heterocycles. The summed E-state index contributed by atoms with van der Waals surface area (Å²) in [5.74, 6) is 0.389. The molecular weight excluding hydrogens is 436 g/mol. The number of carbonyl (C=O) groups is 1. The lowest BCUT2D eigenvalue weighted by atomic mass is 9.99. The molecule has 1 heterocycles. The maximum Gasteiger partial charge on any atom is 0.264 e. The zero-order chi connectivity index (χ0) is 22.4. The molecule has 2 aromatic rings. The molecule has 168 valence electrons. The van der Waals surface area contributed by atoms with Crippen molar-refractivity contribution in [3.63, 3.8) is 0 Å². The summed E-state index contributed by atoms with van der Waals surface area (Å²) in [5.41, 5.74) is 0.329. The van der Waals surface area contributed by atoms with Crippen LogP contribution in [0.4, 0.5) is 5.69 Å². The van der Waals surface area contributed by atoms with Crippen molar-refractivity contribution in [1.29, 1.82) is 0 Å². The van der Waals surface area contributed by atoms with Crippen LogP contribution in [0.5, 0.6) is 5.75 Å². The molecule has 0 bridgehead atoms. The number of amides is 1. The Balaban J connectivity index is 1.84. The van der Waals surface area contributed by atoms with Gasteiger partial charge >= 0.3 is 0 Å². The summed E-state index contributed by atoms with van der Waals surface area (Å²) >= 11 is 6.12. The van der Waals surface area contributed by atoms with E-state index in [9.17, 15) is 13.2 Å². The number of hydrogen-bond donors (Lipinski definition) is 1. The van der Waals surface area contributed by atoms with E-state index < -0.39 is 16.1 Å². The normalized spacial score (nSPS) is 16.9. The van der Waals surface area contributed by atoms with E-state index in [-0.39, 0.29) is 17.3 Å². The minimum Gasteiger partial charge on any atom is -0.476 e. The Morgan fingerprint density at radius 2 is 1.97 bits per heavy atom. The molecule has 1 amide bonds. The maximum absolute atomic E-state index is 13.4. The largest absolute Gasteiger partial charge is 0.476 e. The summed E-state index contributed by atoms with van der Waals surface area (Å²) in [6.07, 6.45) is 3.31. The van der Waals surface area contributed by atoms with E-state index in [4.69, 9.17) is 16.3 Å². The Morgan fingerprint density at radius 3 is 2.65 bits per heavy atom. The molecule has 2 unspecified atom stereocenters. The number of hydrogen-bond acceptors (Lipinski definition) is 4. The van der Waals surface area contributed by atoms with Gasteiger partial charge in [-0.25, -0.2) is 8.42 Å². The average molecular weight is 465 g/mol. The van der Waals surface area contributed by atoms with Gasteiger partial charge in [-0.2, -0.15) is 0 Å². The quantitative estimate of drug-likeness (QED) is 0.587. The van der Waals surface area contributed by atoms with Gasteiger partial charge in [0.25, 0.3) is 15.9 Å².